The van der Waals surface area contributed by atoms with E-state index in [-0.39, 0.29) is 5.96 Å². The molecule has 0 atom stereocenters. The van der Waals surface area contributed by atoms with Gasteiger partial charge < -0.3 is 11.5 Å². The average molecular weight is 167 g/mol. The van der Waals surface area contributed by atoms with E-state index in [1.54, 1.807) is 10.7 Å². The number of guanidine groups is 1. The van der Waals surface area contributed by atoms with Crippen molar-refractivity contribution in [1.29, 1.82) is 0 Å². The highest BCUT2D eigenvalue weighted by molar-refractivity contribution is 5.78. The van der Waals surface area contributed by atoms with Crippen LogP contribution in [-0.4, -0.2) is 15.7 Å². The Morgan fingerprint density at radius 3 is 2.67 bits per heavy atom. The Bertz CT molecular complexity index is 282. The molecule has 66 valence electrons. The lowest BCUT2D eigenvalue weighted by Gasteiger charge is -2.02. The van der Waals surface area contributed by atoms with E-state index in [0.717, 1.165) is 0 Å². The molecule has 0 saturated carbocycles. The molecule has 0 bridgehead atoms. The molecule has 1 rings (SSSR count). The van der Waals surface area contributed by atoms with Gasteiger partial charge in [-0.1, -0.05) is 0 Å². The minimum Gasteiger partial charge on any atom is -0.370 e. The Hall–Kier alpha value is -1.52. The van der Waals surface area contributed by atoms with Gasteiger partial charge in [-0.15, -0.1) is 0 Å². The summed E-state index contributed by atoms with van der Waals surface area (Å²) in [5.41, 5.74) is 10.4. The van der Waals surface area contributed by atoms with Crippen molar-refractivity contribution >= 4 is 11.8 Å². The lowest BCUT2D eigenvalue weighted by atomic mass is 10.4. The largest absolute Gasteiger partial charge is 0.370 e. The summed E-state index contributed by atoms with van der Waals surface area (Å²) in [7, 11) is 0. The van der Waals surface area contributed by atoms with Gasteiger partial charge in [0.1, 0.15) is 0 Å². The molecule has 0 saturated heterocycles. The fraction of sp³-hybridized carbons (Fsp3) is 0.429. The molecule has 1 aromatic rings. The van der Waals surface area contributed by atoms with Gasteiger partial charge in [0.2, 0.25) is 0 Å². The number of nitrogens with zero attached hydrogens (tertiary/aromatic N) is 3. The molecule has 5 nitrogen and oxygen atoms in total. The SMILES string of the molecule is CC(C)n1ccc(N=C(N)N)n1. The Morgan fingerprint density at radius 2 is 2.25 bits per heavy atom. The number of aliphatic imine (C=N–C) groups is 1. The van der Waals surface area contributed by atoms with E-state index in [1.165, 1.54) is 0 Å². The van der Waals surface area contributed by atoms with Crippen LogP contribution in [0.2, 0.25) is 0 Å². The molecular formula is C7H13N5. The van der Waals surface area contributed by atoms with Crippen LogP contribution in [0.4, 0.5) is 5.82 Å². The first kappa shape index (κ1) is 8.58. The second-order valence-electron chi connectivity index (χ2n) is 2.78. The van der Waals surface area contributed by atoms with E-state index in [9.17, 15) is 0 Å². The van der Waals surface area contributed by atoms with Crippen molar-refractivity contribution in [1.82, 2.24) is 9.78 Å². The van der Waals surface area contributed by atoms with Crippen LogP contribution < -0.4 is 11.5 Å². The van der Waals surface area contributed by atoms with Gasteiger partial charge in [0.15, 0.2) is 11.8 Å². The second-order valence-corrected chi connectivity index (χ2v) is 2.78. The van der Waals surface area contributed by atoms with E-state index in [4.69, 9.17) is 11.5 Å². The van der Waals surface area contributed by atoms with Crippen LogP contribution in [0.3, 0.4) is 0 Å². The molecule has 4 N–H and O–H groups in total. The van der Waals surface area contributed by atoms with E-state index in [0.29, 0.717) is 11.9 Å². The number of nitrogens with two attached hydrogens (primary N) is 2. The summed E-state index contributed by atoms with van der Waals surface area (Å²) in [4.78, 5) is 3.80. The lowest BCUT2D eigenvalue weighted by Crippen LogP contribution is -2.21. The standard InChI is InChI=1S/C7H13N5/c1-5(2)12-4-3-6(11-12)10-7(8)9/h3-5H,1-2H3,(H4,8,9,10,11). The smallest absolute Gasteiger partial charge is 0.192 e. The zero-order valence-electron chi connectivity index (χ0n) is 7.23. The van der Waals surface area contributed by atoms with Gasteiger partial charge in [-0.2, -0.15) is 10.1 Å². The first-order valence-electron chi connectivity index (χ1n) is 3.74. The molecule has 1 heterocycles. The van der Waals surface area contributed by atoms with Crippen LogP contribution in [-0.2, 0) is 0 Å². The van der Waals surface area contributed by atoms with Gasteiger partial charge in [0, 0.05) is 18.3 Å². The van der Waals surface area contributed by atoms with Gasteiger partial charge in [-0.3, -0.25) is 4.68 Å². The van der Waals surface area contributed by atoms with Crippen LogP contribution >= 0.6 is 0 Å². The van der Waals surface area contributed by atoms with Crippen molar-refractivity contribution in [2.45, 2.75) is 19.9 Å². The highest BCUT2D eigenvalue weighted by Gasteiger charge is 1.99. The van der Waals surface area contributed by atoms with Crippen molar-refractivity contribution in [3.05, 3.63) is 12.3 Å². The molecule has 5 heteroatoms. The predicted molar refractivity (Wildman–Crippen MR) is 48.1 cm³/mol. The quantitative estimate of drug-likeness (QED) is 0.493. The average Bonchev–Trinajstić information content (AvgIpc) is 2.34. The molecule has 0 radical (unpaired) electrons. The van der Waals surface area contributed by atoms with Gasteiger partial charge in [0.25, 0.3) is 0 Å². The monoisotopic (exact) mass is 167 g/mol. The molecule has 0 amide bonds. The molecule has 1 aromatic heterocycles. The molecule has 0 aliphatic carbocycles. The third-order valence-electron chi connectivity index (χ3n) is 1.37. The molecule has 0 fully saturated rings. The third-order valence-corrected chi connectivity index (χ3v) is 1.37. The first-order valence-corrected chi connectivity index (χ1v) is 3.74. The number of hydrogen-bond acceptors (Lipinski definition) is 2. The van der Waals surface area contributed by atoms with E-state index in [2.05, 4.69) is 10.1 Å². The fourth-order valence-electron chi connectivity index (χ4n) is 0.808. The molecule has 12 heavy (non-hydrogen) atoms. The maximum Gasteiger partial charge on any atom is 0.192 e. The van der Waals surface area contributed by atoms with Crippen molar-refractivity contribution in [2.75, 3.05) is 0 Å². The summed E-state index contributed by atoms with van der Waals surface area (Å²) in [5.74, 6) is 0.577. The summed E-state index contributed by atoms with van der Waals surface area (Å²) < 4.78 is 1.79. The Kier molecular flexibility index (Phi) is 2.32. The van der Waals surface area contributed by atoms with E-state index in [1.807, 2.05) is 20.0 Å². The maximum atomic E-state index is 5.19. The van der Waals surface area contributed by atoms with Crippen molar-refractivity contribution < 1.29 is 0 Å². The van der Waals surface area contributed by atoms with Crippen LogP contribution in [0, 0.1) is 0 Å². The van der Waals surface area contributed by atoms with Crippen LogP contribution in [0.25, 0.3) is 0 Å². The summed E-state index contributed by atoms with van der Waals surface area (Å²) in [5, 5.41) is 4.12. The normalized spacial score (nSPS) is 10.2. The Balaban J connectivity index is 2.85. The minimum absolute atomic E-state index is 0.0315. The Morgan fingerprint density at radius 1 is 1.58 bits per heavy atom. The number of aromatic nitrogens is 2. The van der Waals surface area contributed by atoms with Crippen molar-refractivity contribution in [3.8, 4) is 0 Å². The minimum atomic E-state index is 0.0315. The maximum absolute atomic E-state index is 5.19. The molecule has 0 aliphatic rings. The lowest BCUT2D eigenvalue weighted by molar-refractivity contribution is 0.533. The van der Waals surface area contributed by atoms with Crippen molar-refractivity contribution in [2.24, 2.45) is 16.5 Å². The highest BCUT2D eigenvalue weighted by Crippen LogP contribution is 2.10. The van der Waals surface area contributed by atoms with Crippen molar-refractivity contribution in [3.63, 3.8) is 0 Å². The van der Waals surface area contributed by atoms with Crippen LogP contribution in [0.1, 0.15) is 19.9 Å². The van der Waals surface area contributed by atoms with Gasteiger partial charge in [0.05, 0.1) is 0 Å². The van der Waals surface area contributed by atoms with Gasteiger partial charge in [-0.25, -0.2) is 0 Å². The zero-order valence-corrected chi connectivity index (χ0v) is 7.23. The molecule has 0 spiro atoms. The zero-order chi connectivity index (χ0) is 9.14. The van der Waals surface area contributed by atoms with Gasteiger partial charge >= 0.3 is 0 Å². The molecular weight excluding hydrogens is 154 g/mol. The van der Waals surface area contributed by atoms with E-state index >= 15 is 0 Å². The highest BCUT2D eigenvalue weighted by atomic mass is 15.3. The summed E-state index contributed by atoms with van der Waals surface area (Å²) in [6.07, 6.45) is 1.84. The summed E-state index contributed by atoms with van der Waals surface area (Å²) >= 11 is 0. The van der Waals surface area contributed by atoms with Crippen LogP contribution in [0.15, 0.2) is 17.3 Å². The summed E-state index contributed by atoms with van der Waals surface area (Å²) in [6, 6.07) is 2.09. The van der Waals surface area contributed by atoms with Crippen LogP contribution in [0.5, 0.6) is 0 Å². The van der Waals surface area contributed by atoms with Gasteiger partial charge in [-0.05, 0) is 13.8 Å². The number of hydrogen-bond donors (Lipinski definition) is 2. The Labute approximate surface area is 71.1 Å². The molecule has 0 aromatic carbocycles. The second kappa shape index (κ2) is 3.25. The predicted octanol–water partition coefficient (Wildman–Crippen LogP) is 0.369. The summed E-state index contributed by atoms with van der Waals surface area (Å²) in [6.45, 7) is 4.07. The first-order chi connectivity index (χ1) is 5.59. The topological polar surface area (TPSA) is 82.2 Å². The fourth-order valence-corrected chi connectivity index (χ4v) is 0.808. The van der Waals surface area contributed by atoms with E-state index < -0.39 is 0 Å². The molecule has 0 aliphatic heterocycles. The molecule has 0 unspecified atom stereocenters. The third kappa shape index (κ3) is 1.98. The number of rotatable bonds is 2.